The number of nitrogens with one attached hydrogen (secondary N) is 1. The molecular formula is C15H13F3N4O2. The highest BCUT2D eigenvalue weighted by Gasteiger charge is 2.55. The number of allylic oxidation sites excluding steroid dienone is 1. The summed E-state index contributed by atoms with van der Waals surface area (Å²) < 4.78 is 50.1. The van der Waals surface area contributed by atoms with Crippen LogP contribution in [0.15, 0.2) is 40.8 Å². The normalized spacial score (nSPS) is 26.0. The highest BCUT2D eigenvalue weighted by atomic mass is 19.4. The molecule has 0 aromatic heterocycles. The second kappa shape index (κ2) is 5.63. The van der Waals surface area contributed by atoms with Gasteiger partial charge in [0, 0.05) is 5.92 Å². The van der Waals surface area contributed by atoms with Gasteiger partial charge in [-0.1, -0.05) is 12.1 Å². The van der Waals surface area contributed by atoms with Crippen molar-refractivity contribution in [1.29, 1.82) is 5.26 Å². The lowest BCUT2D eigenvalue weighted by Crippen LogP contribution is -2.45. The van der Waals surface area contributed by atoms with Gasteiger partial charge in [0.2, 0.25) is 5.88 Å². The summed E-state index contributed by atoms with van der Waals surface area (Å²) in [6, 6.07) is 8.28. The van der Waals surface area contributed by atoms with Crippen molar-refractivity contribution in [2.75, 3.05) is 7.11 Å². The number of hydrogen-bond donors (Lipinski definition) is 2. The Bertz CT molecular complexity index is 749. The lowest BCUT2D eigenvalue weighted by atomic mass is 9.76. The standard InChI is InChI=1S/C15H13F3N4O2/c1-23-8-4-2-7(3-5-8)10-9(6-19)13(20)24-14-11(10)12(21-22-14)15(16,17)18/h2-5,10-11,14,22H,20H2,1H3/t10-,11+,14-/m1/s1. The molecule has 0 radical (unpaired) electrons. The number of nitriles is 1. The van der Waals surface area contributed by atoms with Crippen LogP contribution in [0.3, 0.4) is 0 Å². The molecule has 24 heavy (non-hydrogen) atoms. The van der Waals surface area contributed by atoms with E-state index in [0.717, 1.165) is 0 Å². The van der Waals surface area contributed by atoms with Crippen LogP contribution in [0, 0.1) is 17.2 Å². The Hall–Kier alpha value is -2.89. The van der Waals surface area contributed by atoms with E-state index in [-0.39, 0.29) is 11.5 Å². The first-order chi connectivity index (χ1) is 11.4. The highest BCUT2D eigenvalue weighted by Crippen LogP contribution is 2.45. The van der Waals surface area contributed by atoms with Gasteiger partial charge in [-0.05, 0) is 17.7 Å². The summed E-state index contributed by atoms with van der Waals surface area (Å²) in [6.07, 6.45) is -5.72. The molecule has 6 nitrogen and oxygen atoms in total. The predicted molar refractivity (Wildman–Crippen MR) is 77.6 cm³/mol. The van der Waals surface area contributed by atoms with E-state index >= 15 is 0 Å². The van der Waals surface area contributed by atoms with Crippen LogP contribution in [0.1, 0.15) is 11.5 Å². The number of nitrogens with two attached hydrogens (primary N) is 1. The first-order valence-corrected chi connectivity index (χ1v) is 6.97. The predicted octanol–water partition coefficient (Wildman–Crippen LogP) is 1.97. The summed E-state index contributed by atoms with van der Waals surface area (Å²) in [5.74, 6) is -1.78. The van der Waals surface area contributed by atoms with Crippen LogP contribution in [0.4, 0.5) is 13.2 Å². The molecule has 126 valence electrons. The third-order valence-electron chi connectivity index (χ3n) is 4.03. The fourth-order valence-corrected chi connectivity index (χ4v) is 2.96. The summed E-state index contributed by atoms with van der Waals surface area (Å²) in [7, 11) is 1.48. The molecule has 0 amide bonds. The smallest absolute Gasteiger partial charge is 0.431 e. The molecule has 9 heteroatoms. The van der Waals surface area contributed by atoms with Gasteiger partial charge in [0.1, 0.15) is 11.8 Å². The lowest BCUT2D eigenvalue weighted by molar-refractivity contribution is -0.0661. The zero-order valence-corrected chi connectivity index (χ0v) is 12.5. The molecular weight excluding hydrogens is 325 g/mol. The molecule has 0 saturated carbocycles. The molecule has 1 aromatic carbocycles. The quantitative estimate of drug-likeness (QED) is 0.860. The van der Waals surface area contributed by atoms with Gasteiger partial charge in [-0.3, -0.25) is 5.43 Å². The number of nitrogens with zero attached hydrogens (tertiary/aromatic N) is 2. The topological polar surface area (TPSA) is 92.7 Å². The van der Waals surface area contributed by atoms with Gasteiger partial charge in [0.05, 0.1) is 18.6 Å². The Balaban J connectivity index is 2.10. The average Bonchev–Trinajstić information content (AvgIpc) is 2.97. The third kappa shape index (κ3) is 2.50. The number of hydrogen-bond acceptors (Lipinski definition) is 6. The first kappa shape index (κ1) is 16.0. The molecule has 0 aliphatic carbocycles. The van der Waals surface area contributed by atoms with Crippen LogP contribution >= 0.6 is 0 Å². The molecule has 3 N–H and O–H groups in total. The largest absolute Gasteiger partial charge is 0.497 e. The van der Waals surface area contributed by atoms with Crippen LogP contribution in [-0.2, 0) is 4.74 Å². The molecule has 0 unspecified atom stereocenters. The van der Waals surface area contributed by atoms with Crippen LogP contribution < -0.4 is 15.9 Å². The summed E-state index contributed by atoms with van der Waals surface area (Å²) >= 11 is 0. The molecule has 3 rings (SSSR count). The van der Waals surface area contributed by atoms with E-state index in [9.17, 15) is 18.4 Å². The zero-order valence-electron chi connectivity index (χ0n) is 12.5. The number of alkyl halides is 3. The summed E-state index contributed by atoms with van der Waals surface area (Å²) in [6.45, 7) is 0. The van der Waals surface area contributed by atoms with Gasteiger partial charge >= 0.3 is 6.18 Å². The fraction of sp³-hybridized carbons (Fsp3) is 0.333. The number of methoxy groups -OCH3 is 1. The van der Waals surface area contributed by atoms with E-state index in [4.69, 9.17) is 15.2 Å². The Morgan fingerprint density at radius 3 is 2.54 bits per heavy atom. The Morgan fingerprint density at radius 1 is 1.33 bits per heavy atom. The molecule has 2 aliphatic heterocycles. The van der Waals surface area contributed by atoms with E-state index in [2.05, 4.69) is 10.5 Å². The monoisotopic (exact) mass is 338 g/mol. The number of rotatable bonds is 2. The van der Waals surface area contributed by atoms with Gasteiger partial charge in [-0.2, -0.15) is 23.5 Å². The molecule has 0 fully saturated rings. The SMILES string of the molecule is COc1ccc([C@@H]2C(C#N)=C(N)O[C@H]3NN=C(C(F)(F)F)[C@@H]32)cc1. The Morgan fingerprint density at radius 2 is 2.00 bits per heavy atom. The summed E-state index contributed by atoms with van der Waals surface area (Å²) in [4.78, 5) is 0. The second-order valence-electron chi connectivity index (χ2n) is 5.33. The number of halogens is 3. The van der Waals surface area contributed by atoms with Crippen LogP contribution in [-0.4, -0.2) is 25.2 Å². The maximum atomic E-state index is 13.3. The number of ether oxygens (including phenoxy) is 2. The van der Waals surface area contributed by atoms with Crippen LogP contribution in [0.2, 0.25) is 0 Å². The van der Waals surface area contributed by atoms with Crippen molar-refractivity contribution in [2.45, 2.75) is 18.3 Å². The number of benzene rings is 1. The number of hydrazone groups is 1. The molecule has 2 aliphatic rings. The minimum absolute atomic E-state index is 0.0536. The Labute approximate surface area is 135 Å². The van der Waals surface area contributed by atoms with Crippen molar-refractivity contribution < 1.29 is 22.6 Å². The van der Waals surface area contributed by atoms with E-state index in [0.29, 0.717) is 11.3 Å². The molecule has 1 aromatic rings. The number of fused-ring (bicyclic) bond motifs is 1. The van der Waals surface area contributed by atoms with Gasteiger partial charge < -0.3 is 15.2 Å². The van der Waals surface area contributed by atoms with E-state index in [1.54, 1.807) is 24.3 Å². The van der Waals surface area contributed by atoms with E-state index < -0.39 is 30.0 Å². The molecule has 2 heterocycles. The second-order valence-corrected chi connectivity index (χ2v) is 5.33. The fourth-order valence-electron chi connectivity index (χ4n) is 2.96. The van der Waals surface area contributed by atoms with Crippen molar-refractivity contribution in [1.82, 2.24) is 5.43 Å². The maximum Gasteiger partial charge on any atom is 0.431 e. The minimum atomic E-state index is -4.65. The zero-order chi connectivity index (χ0) is 17.5. The third-order valence-corrected chi connectivity index (χ3v) is 4.03. The van der Waals surface area contributed by atoms with Crippen molar-refractivity contribution in [3.05, 3.63) is 41.3 Å². The van der Waals surface area contributed by atoms with Gasteiger partial charge in [-0.25, -0.2) is 0 Å². The summed E-state index contributed by atoms with van der Waals surface area (Å²) in [5, 5.41) is 12.7. The highest BCUT2D eigenvalue weighted by molar-refractivity contribution is 5.94. The first-order valence-electron chi connectivity index (χ1n) is 6.97. The minimum Gasteiger partial charge on any atom is -0.497 e. The molecule has 0 spiro atoms. The van der Waals surface area contributed by atoms with Crippen LogP contribution in [0.25, 0.3) is 0 Å². The lowest BCUT2D eigenvalue weighted by Gasteiger charge is -2.34. The van der Waals surface area contributed by atoms with Gasteiger partial charge in [0.25, 0.3) is 0 Å². The maximum absolute atomic E-state index is 13.3. The summed E-state index contributed by atoms with van der Waals surface area (Å²) in [5.41, 5.74) is 7.45. The average molecular weight is 338 g/mol. The molecule has 0 bridgehead atoms. The van der Waals surface area contributed by atoms with Crippen molar-refractivity contribution >= 4 is 5.71 Å². The van der Waals surface area contributed by atoms with Crippen LogP contribution in [0.5, 0.6) is 5.75 Å². The Kier molecular flexibility index (Phi) is 3.75. The van der Waals surface area contributed by atoms with Crippen molar-refractivity contribution in [2.24, 2.45) is 16.8 Å². The van der Waals surface area contributed by atoms with E-state index in [1.165, 1.54) is 7.11 Å². The van der Waals surface area contributed by atoms with Gasteiger partial charge in [-0.15, -0.1) is 0 Å². The van der Waals surface area contributed by atoms with Crippen molar-refractivity contribution in [3.63, 3.8) is 0 Å². The van der Waals surface area contributed by atoms with Crippen molar-refractivity contribution in [3.8, 4) is 11.8 Å². The molecule has 3 atom stereocenters. The van der Waals surface area contributed by atoms with Gasteiger partial charge in [0.15, 0.2) is 11.9 Å². The molecule has 0 saturated heterocycles. The van der Waals surface area contributed by atoms with E-state index in [1.807, 2.05) is 6.07 Å².